The molecule has 3 aromatic carbocycles. The summed E-state index contributed by atoms with van der Waals surface area (Å²) in [7, 11) is 3.62. The number of carbonyl (C=O) groups is 2. The molecular weight excluding hydrogens is 414 g/mol. The molecule has 5 rings (SSSR count). The Morgan fingerprint density at radius 1 is 0.970 bits per heavy atom. The topological polar surface area (TPSA) is 63.6 Å². The molecule has 1 aliphatic heterocycles. The number of fused-ring (bicyclic) bond motifs is 2. The standard InChI is InChI=1S/C27H25N3O3/c1-29-16-23(20-7-5-6-10-24(20)29)26-21-8-3-4-9-22(21)27(32)30(26)17-25(31)28-15-18-11-13-19(33-2)14-12-18/h3-14,16,26H,15,17H2,1-2H3,(H,28,31)/t26-/m1/s1. The van der Waals surface area contributed by atoms with Gasteiger partial charge in [-0.1, -0.05) is 48.5 Å². The first-order valence-corrected chi connectivity index (χ1v) is 10.9. The van der Waals surface area contributed by atoms with Crippen molar-refractivity contribution in [1.82, 2.24) is 14.8 Å². The molecule has 2 amide bonds. The maximum absolute atomic E-state index is 13.3. The number of nitrogens with zero attached hydrogens (tertiary/aromatic N) is 2. The van der Waals surface area contributed by atoms with Crippen LogP contribution in [-0.4, -0.2) is 34.9 Å². The van der Waals surface area contributed by atoms with Gasteiger partial charge < -0.3 is 19.5 Å². The van der Waals surface area contributed by atoms with Crippen LogP contribution in [0.4, 0.5) is 0 Å². The second-order valence-corrected chi connectivity index (χ2v) is 8.26. The predicted molar refractivity (Wildman–Crippen MR) is 127 cm³/mol. The van der Waals surface area contributed by atoms with Crippen molar-refractivity contribution in [2.45, 2.75) is 12.6 Å². The first-order valence-electron chi connectivity index (χ1n) is 10.9. The Morgan fingerprint density at radius 2 is 1.70 bits per heavy atom. The zero-order valence-electron chi connectivity index (χ0n) is 18.6. The fourth-order valence-electron chi connectivity index (χ4n) is 4.61. The molecule has 6 nitrogen and oxygen atoms in total. The SMILES string of the molecule is COc1ccc(CNC(=O)CN2C(=O)c3ccccc3[C@@H]2c2cn(C)c3ccccc23)cc1. The number of hydrogen-bond donors (Lipinski definition) is 1. The second-order valence-electron chi connectivity index (χ2n) is 8.26. The molecule has 0 saturated carbocycles. The molecular formula is C27H25N3O3. The summed E-state index contributed by atoms with van der Waals surface area (Å²) in [4.78, 5) is 27.9. The van der Waals surface area contributed by atoms with Gasteiger partial charge in [0.15, 0.2) is 0 Å². The van der Waals surface area contributed by atoms with E-state index in [0.29, 0.717) is 12.1 Å². The molecule has 4 aromatic rings. The van der Waals surface area contributed by atoms with Crippen LogP contribution in [0.5, 0.6) is 5.75 Å². The third kappa shape index (κ3) is 3.74. The highest BCUT2D eigenvalue weighted by Crippen LogP contribution is 2.41. The molecule has 0 radical (unpaired) electrons. The van der Waals surface area contributed by atoms with E-state index in [0.717, 1.165) is 33.3 Å². The summed E-state index contributed by atoms with van der Waals surface area (Å²) < 4.78 is 7.25. The lowest BCUT2D eigenvalue weighted by molar-refractivity contribution is -0.122. The zero-order valence-corrected chi connectivity index (χ0v) is 18.6. The van der Waals surface area contributed by atoms with Crippen molar-refractivity contribution in [2.24, 2.45) is 7.05 Å². The molecule has 1 N–H and O–H groups in total. The molecule has 6 heteroatoms. The van der Waals surface area contributed by atoms with Gasteiger partial charge >= 0.3 is 0 Å². The van der Waals surface area contributed by atoms with Crippen LogP contribution in [0.2, 0.25) is 0 Å². The van der Waals surface area contributed by atoms with Crippen molar-refractivity contribution in [1.29, 1.82) is 0 Å². The number of hydrogen-bond acceptors (Lipinski definition) is 3. The van der Waals surface area contributed by atoms with Gasteiger partial charge in [0.2, 0.25) is 5.91 Å². The van der Waals surface area contributed by atoms with Gasteiger partial charge in [-0.2, -0.15) is 0 Å². The fourth-order valence-corrected chi connectivity index (χ4v) is 4.61. The van der Waals surface area contributed by atoms with Crippen LogP contribution in [0.1, 0.15) is 33.1 Å². The third-order valence-corrected chi connectivity index (χ3v) is 6.24. The number of rotatable bonds is 6. The van der Waals surface area contributed by atoms with Gasteiger partial charge in [0.25, 0.3) is 5.91 Å². The number of nitrogens with one attached hydrogen (secondary N) is 1. The maximum atomic E-state index is 13.3. The summed E-state index contributed by atoms with van der Waals surface area (Å²) in [6.07, 6.45) is 2.06. The average Bonchev–Trinajstić information content (AvgIpc) is 3.32. The van der Waals surface area contributed by atoms with Crippen LogP contribution in [0, 0.1) is 0 Å². The summed E-state index contributed by atoms with van der Waals surface area (Å²) in [5.74, 6) is 0.448. The van der Waals surface area contributed by atoms with Gasteiger partial charge in [-0.3, -0.25) is 9.59 Å². The number of ether oxygens (including phenoxy) is 1. The molecule has 1 aromatic heterocycles. The third-order valence-electron chi connectivity index (χ3n) is 6.24. The van der Waals surface area contributed by atoms with Gasteiger partial charge in [-0.05, 0) is 35.4 Å². The number of benzene rings is 3. The molecule has 0 saturated heterocycles. The Bertz CT molecular complexity index is 1340. The highest BCUT2D eigenvalue weighted by Gasteiger charge is 2.39. The maximum Gasteiger partial charge on any atom is 0.255 e. The fraction of sp³-hybridized carbons (Fsp3) is 0.185. The molecule has 0 unspecified atom stereocenters. The van der Waals surface area contributed by atoms with Crippen LogP contribution in [0.3, 0.4) is 0 Å². The molecule has 0 aliphatic carbocycles. The molecule has 1 aliphatic rings. The Hall–Kier alpha value is -4.06. The van der Waals surface area contributed by atoms with Crippen molar-refractivity contribution < 1.29 is 14.3 Å². The molecule has 2 heterocycles. The van der Waals surface area contributed by atoms with Crippen molar-refractivity contribution in [2.75, 3.05) is 13.7 Å². The van der Waals surface area contributed by atoms with Gasteiger partial charge in [0, 0.05) is 41.8 Å². The van der Waals surface area contributed by atoms with Gasteiger partial charge in [0.1, 0.15) is 12.3 Å². The highest BCUT2D eigenvalue weighted by atomic mass is 16.5. The van der Waals surface area contributed by atoms with Crippen molar-refractivity contribution in [3.8, 4) is 5.75 Å². The van der Waals surface area contributed by atoms with Gasteiger partial charge in [0.05, 0.1) is 13.2 Å². The van der Waals surface area contributed by atoms with E-state index in [1.165, 1.54) is 0 Å². The summed E-state index contributed by atoms with van der Waals surface area (Å²) >= 11 is 0. The lowest BCUT2D eigenvalue weighted by atomic mass is 9.97. The average molecular weight is 440 g/mol. The molecule has 0 spiro atoms. The summed E-state index contributed by atoms with van der Waals surface area (Å²) in [5.41, 5.74) is 4.66. The lowest BCUT2D eigenvalue weighted by Gasteiger charge is -2.25. The Morgan fingerprint density at radius 3 is 2.48 bits per heavy atom. The monoisotopic (exact) mass is 439 g/mol. The molecule has 0 fully saturated rings. The van der Waals surface area contributed by atoms with E-state index in [-0.39, 0.29) is 24.4 Å². The van der Waals surface area contributed by atoms with E-state index in [4.69, 9.17) is 4.74 Å². The zero-order chi connectivity index (χ0) is 22.9. The van der Waals surface area contributed by atoms with Crippen molar-refractivity contribution in [3.05, 3.63) is 101 Å². The Kier molecular flexibility index (Phi) is 5.34. The van der Waals surface area contributed by atoms with E-state index < -0.39 is 0 Å². The summed E-state index contributed by atoms with van der Waals surface area (Å²) in [6, 6.07) is 23.0. The Labute approximate surface area is 192 Å². The smallest absolute Gasteiger partial charge is 0.255 e. The molecule has 1 atom stereocenters. The van der Waals surface area contributed by atoms with Gasteiger partial charge in [-0.25, -0.2) is 0 Å². The molecule has 0 bridgehead atoms. The number of aryl methyl sites for hydroxylation is 1. The highest BCUT2D eigenvalue weighted by molar-refractivity contribution is 6.02. The Balaban J connectivity index is 1.42. The van der Waals surface area contributed by atoms with E-state index in [1.807, 2.05) is 67.7 Å². The number of amides is 2. The van der Waals surface area contributed by atoms with Crippen molar-refractivity contribution >= 4 is 22.7 Å². The number of para-hydroxylation sites is 1. The van der Waals surface area contributed by atoms with E-state index >= 15 is 0 Å². The predicted octanol–water partition coefficient (Wildman–Crippen LogP) is 4.05. The van der Waals surface area contributed by atoms with Crippen LogP contribution in [-0.2, 0) is 18.4 Å². The van der Waals surface area contributed by atoms with Crippen LogP contribution >= 0.6 is 0 Å². The summed E-state index contributed by atoms with van der Waals surface area (Å²) in [6.45, 7) is 0.369. The van der Waals surface area contributed by atoms with Crippen LogP contribution < -0.4 is 10.1 Å². The minimum Gasteiger partial charge on any atom is -0.497 e. The molecule has 166 valence electrons. The minimum atomic E-state index is -0.313. The van der Waals surface area contributed by atoms with Crippen molar-refractivity contribution in [3.63, 3.8) is 0 Å². The van der Waals surface area contributed by atoms with Crippen LogP contribution in [0.15, 0.2) is 79.0 Å². The van der Waals surface area contributed by atoms with E-state index in [1.54, 1.807) is 12.0 Å². The minimum absolute atomic E-state index is 0.0163. The summed E-state index contributed by atoms with van der Waals surface area (Å²) in [5, 5.41) is 4.03. The largest absolute Gasteiger partial charge is 0.497 e. The molecule has 33 heavy (non-hydrogen) atoms. The van der Waals surface area contributed by atoms with Gasteiger partial charge in [-0.15, -0.1) is 0 Å². The number of carbonyl (C=O) groups excluding carboxylic acids is 2. The van der Waals surface area contributed by atoms with E-state index in [2.05, 4.69) is 28.2 Å². The second kappa shape index (κ2) is 8.47. The first kappa shape index (κ1) is 20.8. The number of aromatic nitrogens is 1. The van der Waals surface area contributed by atoms with Crippen LogP contribution in [0.25, 0.3) is 10.9 Å². The van der Waals surface area contributed by atoms with E-state index in [9.17, 15) is 9.59 Å². The first-order chi connectivity index (χ1) is 16.1. The normalized spacial score (nSPS) is 15.0. The quantitative estimate of drug-likeness (QED) is 0.493. The number of methoxy groups -OCH3 is 1. The lowest BCUT2D eigenvalue weighted by Crippen LogP contribution is -2.39.